The van der Waals surface area contributed by atoms with Crippen LogP contribution in [0.15, 0.2) is 67.4 Å². The molecule has 4 rings (SSSR count). The average Bonchev–Trinajstić information content (AvgIpc) is 2.79. The Balaban J connectivity index is 1.67. The van der Waals surface area contributed by atoms with Gasteiger partial charge in [-0.05, 0) is 69.5 Å². The lowest BCUT2D eigenvalue weighted by Gasteiger charge is -2.21. The van der Waals surface area contributed by atoms with Gasteiger partial charge in [-0.15, -0.1) is 0 Å². The van der Waals surface area contributed by atoms with Crippen molar-refractivity contribution in [3.05, 3.63) is 99.8 Å². The molecule has 1 aromatic heterocycles. The highest BCUT2D eigenvalue weighted by Crippen LogP contribution is 2.35. The van der Waals surface area contributed by atoms with E-state index < -0.39 is 5.41 Å². The summed E-state index contributed by atoms with van der Waals surface area (Å²) in [4.78, 5) is 18.1. The number of ether oxygens (including phenoxy) is 1. The molecule has 186 valence electrons. The molecule has 0 saturated heterocycles. The molecular weight excluding hydrogens is 652 g/mol. The zero-order chi connectivity index (χ0) is 26.2. The standard InChI is InChI=1S/C26H20Br2Cl3N3O2/c1-26(2,3)25-33-22-7-5-16(27)11-17(22)24(35)34(25)32-12-15-8-18(28)23(21(31)10-15)36-13-14-4-6-19(29)20(30)9-14/h4-12H,13H2,1-3H3. The number of benzene rings is 3. The first kappa shape index (κ1) is 27.1. The van der Waals surface area contributed by atoms with Crippen LogP contribution in [0.1, 0.15) is 37.7 Å². The quantitative estimate of drug-likeness (QED) is 0.200. The zero-order valence-corrected chi connectivity index (χ0v) is 24.9. The first-order valence-electron chi connectivity index (χ1n) is 10.8. The van der Waals surface area contributed by atoms with Crippen LogP contribution in [0.4, 0.5) is 0 Å². The predicted molar refractivity (Wildman–Crippen MR) is 155 cm³/mol. The van der Waals surface area contributed by atoms with Gasteiger partial charge in [0.15, 0.2) is 5.75 Å². The lowest BCUT2D eigenvalue weighted by atomic mass is 9.95. The smallest absolute Gasteiger partial charge is 0.282 e. The van der Waals surface area contributed by atoms with E-state index in [1.54, 1.807) is 30.5 Å². The fraction of sp³-hybridized carbons (Fsp3) is 0.192. The predicted octanol–water partition coefficient (Wildman–Crippen LogP) is 8.64. The van der Waals surface area contributed by atoms with Gasteiger partial charge in [-0.25, -0.2) is 4.98 Å². The van der Waals surface area contributed by atoms with Crippen molar-refractivity contribution in [2.75, 3.05) is 0 Å². The Kier molecular flexibility index (Phi) is 8.17. The Labute approximate surface area is 240 Å². The van der Waals surface area contributed by atoms with Crippen molar-refractivity contribution in [1.29, 1.82) is 0 Å². The first-order chi connectivity index (χ1) is 16.9. The van der Waals surface area contributed by atoms with E-state index in [1.807, 2.05) is 45.0 Å². The molecule has 0 fully saturated rings. The highest BCUT2D eigenvalue weighted by atomic mass is 79.9. The van der Waals surface area contributed by atoms with Crippen molar-refractivity contribution in [3.63, 3.8) is 0 Å². The maximum atomic E-state index is 13.3. The number of hydrogen-bond acceptors (Lipinski definition) is 4. The van der Waals surface area contributed by atoms with Crippen LogP contribution in [0.5, 0.6) is 5.75 Å². The van der Waals surface area contributed by atoms with Gasteiger partial charge in [0.05, 0.1) is 36.7 Å². The highest BCUT2D eigenvalue weighted by molar-refractivity contribution is 9.10. The number of fused-ring (bicyclic) bond motifs is 1. The Morgan fingerprint density at radius 3 is 2.42 bits per heavy atom. The summed E-state index contributed by atoms with van der Waals surface area (Å²) in [7, 11) is 0. The van der Waals surface area contributed by atoms with Crippen molar-refractivity contribution < 1.29 is 4.74 Å². The van der Waals surface area contributed by atoms with Crippen LogP contribution in [0.25, 0.3) is 10.9 Å². The van der Waals surface area contributed by atoms with E-state index >= 15 is 0 Å². The number of nitrogens with zero attached hydrogens (tertiary/aromatic N) is 3. The van der Waals surface area contributed by atoms with Crippen LogP contribution in [0.2, 0.25) is 15.1 Å². The Hall–Kier alpha value is -1.90. The molecule has 3 aromatic carbocycles. The maximum Gasteiger partial charge on any atom is 0.282 e. The molecule has 0 N–H and O–H groups in total. The molecule has 0 radical (unpaired) electrons. The van der Waals surface area contributed by atoms with Crippen molar-refractivity contribution in [2.45, 2.75) is 32.8 Å². The van der Waals surface area contributed by atoms with Gasteiger partial charge in [-0.2, -0.15) is 9.78 Å². The second-order valence-corrected chi connectivity index (χ2v) is 12.1. The Morgan fingerprint density at radius 2 is 1.75 bits per heavy atom. The summed E-state index contributed by atoms with van der Waals surface area (Å²) in [6, 6.07) is 14.2. The molecule has 5 nitrogen and oxygen atoms in total. The van der Waals surface area contributed by atoms with E-state index in [0.717, 1.165) is 10.0 Å². The van der Waals surface area contributed by atoms with E-state index in [9.17, 15) is 4.79 Å². The van der Waals surface area contributed by atoms with Gasteiger partial charge in [-0.1, -0.05) is 77.6 Å². The van der Waals surface area contributed by atoms with Crippen LogP contribution >= 0.6 is 66.7 Å². The first-order valence-corrected chi connectivity index (χ1v) is 13.5. The van der Waals surface area contributed by atoms with E-state index in [1.165, 1.54) is 4.68 Å². The molecule has 0 atom stereocenters. The molecule has 0 bridgehead atoms. The summed E-state index contributed by atoms with van der Waals surface area (Å²) in [6.45, 7) is 6.21. The summed E-state index contributed by atoms with van der Waals surface area (Å²) in [5.41, 5.74) is 1.47. The van der Waals surface area contributed by atoms with Gasteiger partial charge >= 0.3 is 0 Å². The monoisotopic (exact) mass is 669 g/mol. The summed E-state index contributed by atoms with van der Waals surface area (Å²) >= 11 is 25.5. The molecule has 36 heavy (non-hydrogen) atoms. The minimum atomic E-state index is -0.418. The second kappa shape index (κ2) is 10.8. The SMILES string of the molecule is CC(C)(C)c1nc2ccc(Br)cc2c(=O)n1N=Cc1cc(Cl)c(OCc2ccc(Cl)c(Cl)c2)c(Br)c1. The van der Waals surface area contributed by atoms with Crippen LogP contribution in [0, 0.1) is 0 Å². The molecule has 0 aliphatic rings. The minimum absolute atomic E-state index is 0.255. The number of aromatic nitrogens is 2. The molecule has 0 unspecified atom stereocenters. The third-order valence-corrected chi connectivity index (χ3v) is 7.29. The molecule has 0 spiro atoms. The third kappa shape index (κ3) is 5.97. The third-order valence-electron chi connectivity index (χ3n) is 5.19. The topological polar surface area (TPSA) is 56.5 Å². The Bertz CT molecular complexity index is 1540. The largest absolute Gasteiger partial charge is 0.486 e. The second-order valence-electron chi connectivity index (χ2n) is 9.06. The van der Waals surface area contributed by atoms with Gasteiger partial charge in [0.25, 0.3) is 5.56 Å². The highest BCUT2D eigenvalue weighted by Gasteiger charge is 2.23. The zero-order valence-electron chi connectivity index (χ0n) is 19.5. The number of hydrogen-bond donors (Lipinski definition) is 0. The van der Waals surface area contributed by atoms with Crippen LogP contribution in [0.3, 0.4) is 0 Å². The van der Waals surface area contributed by atoms with E-state index in [4.69, 9.17) is 44.5 Å². The fourth-order valence-corrected chi connectivity index (χ4v) is 5.11. The fourth-order valence-electron chi connectivity index (χ4n) is 3.44. The van der Waals surface area contributed by atoms with E-state index in [2.05, 4.69) is 37.0 Å². The van der Waals surface area contributed by atoms with Crippen molar-refractivity contribution in [2.24, 2.45) is 5.10 Å². The Morgan fingerprint density at radius 1 is 1.00 bits per heavy atom. The maximum absolute atomic E-state index is 13.3. The van der Waals surface area contributed by atoms with Gasteiger partial charge < -0.3 is 4.74 Å². The average molecular weight is 673 g/mol. The number of rotatable bonds is 5. The normalized spacial score (nSPS) is 12.0. The van der Waals surface area contributed by atoms with Crippen LogP contribution in [-0.2, 0) is 12.0 Å². The molecule has 0 saturated carbocycles. The van der Waals surface area contributed by atoms with Gasteiger partial charge in [0.1, 0.15) is 12.4 Å². The lowest BCUT2D eigenvalue weighted by Crippen LogP contribution is -2.29. The van der Waals surface area contributed by atoms with Crippen molar-refractivity contribution in [1.82, 2.24) is 9.66 Å². The van der Waals surface area contributed by atoms with Crippen LogP contribution < -0.4 is 10.3 Å². The van der Waals surface area contributed by atoms with Crippen molar-refractivity contribution >= 4 is 83.8 Å². The molecular formula is C26H20Br2Cl3N3O2. The van der Waals surface area contributed by atoms with E-state index in [-0.39, 0.29) is 12.2 Å². The summed E-state index contributed by atoms with van der Waals surface area (Å²) in [6.07, 6.45) is 1.57. The summed E-state index contributed by atoms with van der Waals surface area (Å²) in [5.74, 6) is 1.02. The molecule has 0 aliphatic carbocycles. The van der Waals surface area contributed by atoms with Gasteiger partial charge in [-0.3, -0.25) is 4.79 Å². The summed E-state index contributed by atoms with van der Waals surface area (Å²) < 4.78 is 8.68. The van der Waals surface area contributed by atoms with Crippen molar-refractivity contribution in [3.8, 4) is 5.75 Å². The molecule has 4 aromatic rings. The molecule has 0 aliphatic heterocycles. The van der Waals surface area contributed by atoms with Gasteiger partial charge in [0, 0.05) is 9.89 Å². The molecule has 0 amide bonds. The van der Waals surface area contributed by atoms with E-state index in [0.29, 0.717) is 47.6 Å². The lowest BCUT2D eigenvalue weighted by molar-refractivity contribution is 0.304. The molecule has 10 heteroatoms. The van der Waals surface area contributed by atoms with Crippen LogP contribution in [-0.4, -0.2) is 15.9 Å². The molecule has 1 heterocycles. The van der Waals surface area contributed by atoms with Gasteiger partial charge in [0.2, 0.25) is 0 Å². The number of halogens is 5. The summed E-state index contributed by atoms with van der Waals surface area (Å²) in [5, 5.41) is 6.29. The minimum Gasteiger partial charge on any atom is -0.486 e.